The normalized spacial score (nSPS) is 15.4. The fourth-order valence-electron chi connectivity index (χ4n) is 2.92. The number of nitrogens with zero attached hydrogens (tertiary/aromatic N) is 2. The van der Waals surface area contributed by atoms with E-state index in [0.717, 1.165) is 38.4 Å². The van der Waals surface area contributed by atoms with Gasteiger partial charge >= 0.3 is 0 Å². The predicted molar refractivity (Wildman–Crippen MR) is 102 cm³/mol. The Morgan fingerprint density at radius 1 is 1.40 bits per heavy atom. The first kappa shape index (κ1) is 21.6. The second-order valence-corrected chi connectivity index (χ2v) is 6.49. The third-order valence-electron chi connectivity index (χ3n) is 4.30. The third-order valence-corrected chi connectivity index (χ3v) is 4.62. The minimum absolute atomic E-state index is 0. The van der Waals surface area contributed by atoms with Crippen molar-refractivity contribution < 1.29 is 9.72 Å². The van der Waals surface area contributed by atoms with Gasteiger partial charge in [-0.15, -0.1) is 12.4 Å². The Bertz CT molecular complexity index is 593. The first-order valence-corrected chi connectivity index (χ1v) is 8.48. The maximum atomic E-state index is 12.1. The molecule has 0 aromatic heterocycles. The number of piperidine rings is 1. The highest BCUT2D eigenvalue weighted by molar-refractivity contribution is 6.32. The molecule has 1 aromatic carbocycles. The molecule has 0 saturated carbocycles. The molecular formula is C16H24Cl2N4O3. The van der Waals surface area contributed by atoms with E-state index >= 15 is 0 Å². The fraction of sp³-hybridized carbons (Fsp3) is 0.562. The van der Waals surface area contributed by atoms with Crippen molar-refractivity contribution in [3.63, 3.8) is 0 Å². The number of nitro groups is 1. The number of nitrogens with one attached hydrogen (secondary N) is 2. The van der Waals surface area contributed by atoms with Crippen LogP contribution < -0.4 is 10.6 Å². The zero-order chi connectivity index (χ0) is 17.5. The van der Waals surface area contributed by atoms with E-state index in [1.165, 1.54) is 18.6 Å². The molecule has 2 N–H and O–H groups in total. The van der Waals surface area contributed by atoms with Crippen molar-refractivity contribution in [1.82, 2.24) is 10.2 Å². The molecule has 0 bridgehead atoms. The number of likely N-dealkylation sites (tertiary alicyclic amines) is 1. The van der Waals surface area contributed by atoms with E-state index in [9.17, 15) is 14.9 Å². The summed E-state index contributed by atoms with van der Waals surface area (Å²) >= 11 is 5.77. The lowest BCUT2D eigenvalue weighted by Crippen LogP contribution is -2.39. The molecule has 1 fully saturated rings. The number of benzene rings is 1. The lowest BCUT2D eigenvalue weighted by molar-refractivity contribution is -0.384. The molecule has 1 saturated heterocycles. The van der Waals surface area contributed by atoms with Crippen molar-refractivity contribution in [2.24, 2.45) is 5.92 Å². The minimum Gasteiger partial charge on any atom is -0.325 e. The number of halogens is 2. The van der Waals surface area contributed by atoms with Gasteiger partial charge in [-0.2, -0.15) is 0 Å². The molecular weight excluding hydrogens is 367 g/mol. The van der Waals surface area contributed by atoms with Crippen LogP contribution in [0.15, 0.2) is 18.2 Å². The Kier molecular flexibility index (Phi) is 9.13. The highest BCUT2D eigenvalue weighted by Gasteiger charge is 2.21. The van der Waals surface area contributed by atoms with Gasteiger partial charge in [0.05, 0.1) is 11.5 Å². The molecule has 0 unspecified atom stereocenters. The topological polar surface area (TPSA) is 87.5 Å². The van der Waals surface area contributed by atoms with E-state index in [0.29, 0.717) is 12.2 Å². The van der Waals surface area contributed by atoms with Gasteiger partial charge < -0.3 is 10.6 Å². The van der Waals surface area contributed by atoms with Crippen LogP contribution in [0.4, 0.5) is 11.4 Å². The van der Waals surface area contributed by atoms with E-state index in [4.69, 9.17) is 11.6 Å². The molecule has 1 heterocycles. The quantitative estimate of drug-likeness (QED) is 0.551. The highest BCUT2D eigenvalue weighted by Crippen LogP contribution is 2.27. The van der Waals surface area contributed by atoms with Gasteiger partial charge in [0.15, 0.2) is 0 Å². The lowest BCUT2D eigenvalue weighted by Gasteiger charge is -2.31. The van der Waals surface area contributed by atoms with Gasteiger partial charge in [0.1, 0.15) is 5.02 Å². The molecule has 25 heavy (non-hydrogen) atoms. The van der Waals surface area contributed by atoms with Gasteiger partial charge in [0.2, 0.25) is 5.91 Å². The van der Waals surface area contributed by atoms with Crippen LogP contribution in [0.3, 0.4) is 0 Å². The predicted octanol–water partition coefficient (Wildman–Crippen LogP) is 2.93. The van der Waals surface area contributed by atoms with Crippen LogP contribution in [0.25, 0.3) is 0 Å². The van der Waals surface area contributed by atoms with Crippen LogP contribution >= 0.6 is 24.0 Å². The Balaban J connectivity index is 0.00000312. The van der Waals surface area contributed by atoms with Gasteiger partial charge in [0.25, 0.3) is 5.69 Å². The smallest absolute Gasteiger partial charge is 0.289 e. The number of amides is 1. The first-order chi connectivity index (χ1) is 11.5. The molecule has 2 rings (SSSR count). The Morgan fingerprint density at radius 3 is 2.68 bits per heavy atom. The van der Waals surface area contributed by atoms with Crippen LogP contribution in [0.1, 0.15) is 19.3 Å². The number of nitro benzene ring substituents is 1. The Labute approximate surface area is 158 Å². The summed E-state index contributed by atoms with van der Waals surface area (Å²) in [5, 5.41) is 16.8. The van der Waals surface area contributed by atoms with Crippen LogP contribution in [-0.4, -0.2) is 49.0 Å². The van der Waals surface area contributed by atoms with Crippen molar-refractivity contribution in [3.8, 4) is 0 Å². The largest absolute Gasteiger partial charge is 0.325 e. The van der Waals surface area contributed by atoms with Crippen molar-refractivity contribution in [3.05, 3.63) is 33.3 Å². The maximum absolute atomic E-state index is 12.1. The average Bonchev–Trinajstić information content (AvgIpc) is 2.55. The third kappa shape index (κ3) is 6.78. The van der Waals surface area contributed by atoms with Crippen LogP contribution in [-0.2, 0) is 4.79 Å². The molecule has 1 aliphatic rings. The molecule has 1 amide bonds. The van der Waals surface area contributed by atoms with E-state index < -0.39 is 4.92 Å². The second kappa shape index (κ2) is 10.6. The summed E-state index contributed by atoms with van der Waals surface area (Å²) in [6.45, 7) is 3.14. The lowest BCUT2D eigenvalue weighted by atomic mass is 9.93. The minimum atomic E-state index is -0.562. The number of carbonyl (C=O) groups excluding carboxylic acids is 1. The molecule has 1 aromatic rings. The van der Waals surface area contributed by atoms with E-state index in [2.05, 4.69) is 15.5 Å². The van der Waals surface area contributed by atoms with Gasteiger partial charge in [-0.3, -0.25) is 19.8 Å². The second-order valence-electron chi connectivity index (χ2n) is 6.08. The molecule has 0 radical (unpaired) electrons. The summed E-state index contributed by atoms with van der Waals surface area (Å²) in [7, 11) is 1.96. The van der Waals surface area contributed by atoms with E-state index in [1.54, 1.807) is 6.07 Å². The van der Waals surface area contributed by atoms with Gasteiger partial charge in [-0.1, -0.05) is 11.6 Å². The van der Waals surface area contributed by atoms with E-state index in [-0.39, 0.29) is 29.0 Å². The fourth-order valence-corrected chi connectivity index (χ4v) is 3.10. The summed E-state index contributed by atoms with van der Waals surface area (Å²) < 4.78 is 0. The van der Waals surface area contributed by atoms with Crippen molar-refractivity contribution >= 4 is 41.3 Å². The SMILES string of the molecule is CNCCC1CCN(CC(=O)Nc2ccc(Cl)c([N+](=O)[O-])c2)CC1.Cl. The number of anilines is 1. The molecule has 7 nitrogen and oxygen atoms in total. The van der Waals surface area contributed by atoms with Crippen molar-refractivity contribution in [1.29, 1.82) is 0 Å². The van der Waals surface area contributed by atoms with Crippen molar-refractivity contribution in [2.45, 2.75) is 19.3 Å². The Morgan fingerprint density at radius 2 is 2.08 bits per heavy atom. The molecule has 1 aliphatic heterocycles. The zero-order valence-electron chi connectivity index (χ0n) is 14.2. The van der Waals surface area contributed by atoms with Crippen LogP contribution in [0.2, 0.25) is 5.02 Å². The van der Waals surface area contributed by atoms with Crippen LogP contribution in [0, 0.1) is 16.0 Å². The summed E-state index contributed by atoms with van der Waals surface area (Å²) in [6.07, 6.45) is 3.37. The van der Waals surface area contributed by atoms with E-state index in [1.807, 2.05) is 7.05 Å². The molecule has 0 atom stereocenters. The molecule has 0 aliphatic carbocycles. The first-order valence-electron chi connectivity index (χ1n) is 8.10. The van der Waals surface area contributed by atoms with Crippen molar-refractivity contribution in [2.75, 3.05) is 38.5 Å². The standard InChI is InChI=1S/C16H23ClN4O3.ClH/c1-18-7-4-12-5-8-20(9-6-12)11-16(22)19-13-2-3-14(17)15(10-13)21(23)24;/h2-3,10,12,18H,4-9,11H2,1H3,(H,19,22);1H. The zero-order valence-corrected chi connectivity index (χ0v) is 15.7. The van der Waals surface area contributed by atoms with Gasteiger partial charge in [0, 0.05) is 11.8 Å². The van der Waals surface area contributed by atoms with Crippen LogP contribution in [0.5, 0.6) is 0 Å². The summed E-state index contributed by atoms with van der Waals surface area (Å²) in [5.41, 5.74) is 0.180. The summed E-state index contributed by atoms with van der Waals surface area (Å²) in [5.74, 6) is 0.552. The monoisotopic (exact) mass is 390 g/mol. The molecule has 140 valence electrons. The number of carbonyl (C=O) groups is 1. The number of hydrogen-bond acceptors (Lipinski definition) is 5. The maximum Gasteiger partial charge on any atom is 0.289 e. The molecule has 9 heteroatoms. The highest BCUT2D eigenvalue weighted by atomic mass is 35.5. The summed E-state index contributed by atoms with van der Waals surface area (Å²) in [6, 6.07) is 4.27. The van der Waals surface area contributed by atoms with Gasteiger partial charge in [-0.05, 0) is 64.0 Å². The molecule has 0 spiro atoms. The number of hydrogen-bond donors (Lipinski definition) is 2. The number of rotatable bonds is 7. The van der Waals surface area contributed by atoms with Gasteiger partial charge in [-0.25, -0.2) is 0 Å². The Hall–Kier alpha value is -1.41. The summed E-state index contributed by atoms with van der Waals surface area (Å²) in [4.78, 5) is 24.6. The average molecular weight is 391 g/mol.